The van der Waals surface area contributed by atoms with Crippen LogP contribution in [-0.4, -0.2) is 29.8 Å². The van der Waals surface area contributed by atoms with Gasteiger partial charge >= 0.3 is 0 Å². The Morgan fingerprint density at radius 3 is 2.59 bits per heavy atom. The van der Waals surface area contributed by atoms with Gasteiger partial charge in [-0.2, -0.15) is 0 Å². The molecule has 0 saturated heterocycles. The molecule has 0 unspecified atom stereocenters. The number of aliphatic imine (C=N–C) groups is 1. The number of hydrogen-bond donors (Lipinski definition) is 1. The molecule has 29 heavy (non-hydrogen) atoms. The molecule has 0 fully saturated rings. The highest BCUT2D eigenvalue weighted by Gasteiger charge is 2.24. The van der Waals surface area contributed by atoms with E-state index in [4.69, 9.17) is 4.74 Å². The van der Waals surface area contributed by atoms with Crippen LogP contribution < -0.4 is 0 Å². The monoisotopic (exact) mass is 397 g/mol. The van der Waals surface area contributed by atoms with Crippen LogP contribution in [0.1, 0.15) is 83.6 Å². The third kappa shape index (κ3) is 9.45. The average Bonchev–Trinajstić information content (AvgIpc) is 3.24. The Morgan fingerprint density at radius 1 is 1.10 bits per heavy atom. The first kappa shape index (κ1) is 23.4. The van der Waals surface area contributed by atoms with Gasteiger partial charge in [-0.15, -0.1) is 0 Å². The number of rotatable bonds is 14. The smallest absolute Gasteiger partial charge is 0.216 e. The van der Waals surface area contributed by atoms with E-state index in [1.54, 1.807) is 0 Å². The molecule has 0 radical (unpaired) electrons. The van der Waals surface area contributed by atoms with Crippen molar-refractivity contribution in [3.8, 4) is 0 Å². The number of ether oxygens (including phenoxy) is 1. The Hall–Kier alpha value is -1.87. The second-order valence-corrected chi connectivity index (χ2v) is 8.10. The van der Waals surface area contributed by atoms with Crippen molar-refractivity contribution in [2.75, 3.05) is 6.61 Å². The van der Waals surface area contributed by atoms with E-state index in [1.807, 2.05) is 36.4 Å². The number of benzene rings is 1. The molecule has 1 aromatic rings. The molecule has 0 aliphatic carbocycles. The molecule has 1 aliphatic rings. The molecule has 0 amide bonds. The van der Waals surface area contributed by atoms with Crippen molar-refractivity contribution in [3.63, 3.8) is 0 Å². The fraction of sp³-hybridized carbons (Fsp3) is 0.577. The molecule has 0 aromatic heterocycles. The van der Waals surface area contributed by atoms with Crippen LogP contribution in [-0.2, 0) is 4.74 Å². The molecule has 160 valence electrons. The van der Waals surface area contributed by atoms with Gasteiger partial charge in [0.25, 0.3) is 0 Å². The average molecular weight is 398 g/mol. The van der Waals surface area contributed by atoms with Gasteiger partial charge in [0.2, 0.25) is 5.90 Å². The quantitative estimate of drug-likeness (QED) is 0.283. The normalized spacial score (nSPS) is 18.1. The zero-order valence-corrected chi connectivity index (χ0v) is 18.4. The summed E-state index contributed by atoms with van der Waals surface area (Å²) in [6, 6.07) is 9.65. The minimum atomic E-state index is -0.589. The SMILES string of the molecule is CCCCCCCCCC(C)=CCCC=C[C@H](O)[C@H]1COC(c2ccccc2)=N1. The first-order valence-electron chi connectivity index (χ1n) is 11.5. The van der Waals surface area contributed by atoms with Gasteiger partial charge in [-0.05, 0) is 44.7 Å². The van der Waals surface area contributed by atoms with Crippen molar-refractivity contribution in [2.24, 2.45) is 4.99 Å². The standard InChI is InChI=1S/C26H39NO2/c1-3-4-5-6-7-8-11-16-22(2)17-12-9-15-20-25(28)24-21-29-26(27-24)23-18-13-10-14-19-23/h10,13-15,17-20,24-25,28H,3-9,11-12,16,21H2,1-2H3/t24-,25+/m1/s1. The lowest BCUT2D eigenvalue weighted by atomic mass is 10.0. The number of allylic oxidation sites excluding steroid dienone is 3. The topological polar surface area (TPSA) is 41.8 Å². The molecule has 2 rings (SSSR count). The largest absolute Gasteiger partial charge is 0.475 e. The number of aliphatic hydroxyl groups is 1. The van der Waals surface area contributed by atoms with E-state index in [2.05, 4.69) is 31.0 Å². The molecule has 1 aromatic carbocycles. The van der Waals surface area contributed by atoms with Gasteiger partial charge in [0, 0.05) is 5.56 Å². The van der Waals surface area contributed by atoms with Crippen molar-refractivity contribution in [2.45, 2.75) is 90.2 Å². The highest BCUT2D eigenvalue weighted by Crippen LogP contribution is 2.16. The molecule has 0 spiro atoms. The molecule has 3 heteroatoms. The van der Waals surface area contributed by atoms with E-state index in [1.165, 1.54) is 56.9 Å². The van der Waals surface area contributed by atoms with E-state index in [0.717, 1.165) is 18.4 Å². The van der Waals surface area contributed by atoms with Crippen LogP contribution in [0.3, 0.4) is 0 Å². The molecular weight excluding hydrogens is 358 g/mol. The molecule has 0 bridgehead atoms. The second kappa shape index (κ2) is 14.2. The van der Waals surface area contributed by atoms with Crippen LogP contribution >= 0.6 is 0 Å². The number of unbranched alkanes of at least 4 members (excludes halogenated alkanes) is 7. The van der Waals surface area contributed by atoms with Crippen LogP contribution in [0, 0.1) is 0 Å². The van der Waals surface area contributed by atoms with E-state index in [-0.39, 0.29) is 6.04 Å². The van der Waals surface area contributed by atoms with E-state index < -0.39 is 6.10 Å². The lowest BCUT2D eigenvalue weighted by Crippen LogP contribution is -2.23. The fourth-order valence-electron chi connectivity index (χ4n) is 3.56. The summed E-state index contributed by atoms with van der Waals surface area (Å²) in [5.41, 5.74) is 2.46. The highest BCUT2D eigenvalue weighted by atomic mass is 16.5. The zero-order valence-electron chi connectivity index (χ0n) is 18.4. The van der Waals surface area contributed by atoms with Gasteiger partial charge in [0.1, 0.15) is 12.6 Å². The maximum Gasteiger partial charge on any atom is 0.216 e. The van der Waals surface area contributed by atoms with Gasteiger partial charge in [-0.1, -0.05) is 87.4 Å². The van der Waals surface area contributed by atoms with Crippen LogP contribution in [0.5, 0.6) is 0 Å². The van der Waals surface area contributed by atoms with Gasteiger partial charge < -0.3 is 9.84 Å². The summed E-state index contributed by atoms with van der Waals surface area (Å²) in [7, 11) is 0. The van der Waals surface area contributed by atoms with Crippen LogP contribution in [0.2, 0.25) is 0 Å². The van der Waals surface area contributed by atoms with Crippen LogP contribution in [0.25, 0.3) is 0 Å². The van der Waals surface area contributed by atoms with Crippen LogP contribution in [0.15, 0.2) is 59.1 Å². The molecular formula is C26H39NO2. The van der Waals surface area contributed by atoms with Crippen molar-refractivity contribution < 1.29 is 9.84 Å². The minimum Gasteiger partial charge on any atom is -0.475 e. The maximum atomic E-state index is 10.4. The number of aliphatic hydroxyl groups excluding tert-OH is 1. The van der Waals surface area contributed by atoms with Gasteiger partial charge in [-0.3, -0.25) is 0 Å². The Kier molecular flexibility index (Phi) is 11.4. The van der Waals surface area contributed by atoms with Crippen molar-refractivity contribution in [3.05, 3.63) is 59.7 Å². The predicted molar refractivity (Wildman–Crippen MR) is 123 cm³/mol. The van der Waals surface area contributed by atoms with Gasteiger partial charge in [0.05, 0.1) is 6.10 Å². The number of hydrogen-bond acceptors (Lipinski definition) is 3. The summed E-state index contributed by atoms with van der Waals surface area (Å²) in [5, 5.41) is 10.4. The molecule has 1 N–H and O–H groups in total. The Morgan fingerprint density at radius 2 is 1.83 bits per heavy atom. The third-order valence-corrected chi connectivity index (χ3v) is 5.42. The highest BCUT2D eigenvalue weighted by molar-refractivity contribution is 5.95. The van der Waals surface area contributed by atoms with Crippen LogP contribution in [0.4, 0.5) is 0 Å². The van der Waals surface area contributed by atoms with E-state index >= 15 is 0 Å². The summed E-state index contributed by atoms with van der Waals surface area (Å²) in [5.74, 6) is 0.631. The zero-order chi connectivity index (χ0) is 20.7. The Bertz CT molecular complexity index is 648. The van der Waals surface area contributed by atoms with Gasteiger partial charge in [-0.25, -0.2) is 4.99 Å². The maximum absolute atomic E-state index is 10.4. The first-order chi connectivity index (χ1) is 14.2. The number of nitrogens with zero attached hydrogens (tertiary/aromatic N) is 1. The second-order valence-electron chi connectivity index (χ2n) is 8.10. The predicted octanol–water partition coefficient (Wildman–Crippen LogP) is 6.62. The van der Waals surface area contributed by atoms with Crippen molar-refractivity contribution in [1.29, 1.82) is 0 Å². The third-order valence-electron chi connectivity index (χ3n) is 5.42. The van der Waals surface area contributed by atoms with Crippen molar-refractivity contribution >= 4 is 5.90 Å². The minimum absolute atomic E-state index is 0.212. The van der Waals surface area contributed by atoms with E-state index in [0.29, 0.717) is 12.5 Å². The van der Waals surface area contributed by atoms with Crippen molar-refractivity contribution in [1.82, 2.24) is 0 Å². The Labute approximate surface area is 177 Å². The molecule has 3 nitrogen and oxygen atoms in total. The summed E-state index contributed by atoms with van der Waals surface area (Å²) in [4.78, 5) is 4.53. The first-order valence-corrected chi connectivity index (χ1v) is 11.5. The Balaban J connectivity index is 1.59. The fourth-order valence-corrected chi connectivity index (χ4v) is 3.56. The summed E-state index contributed by atoms with van der Waals surface area (Å²) >= 11 is 0. The summed E-state index contributed by atoms with van der Waals surface area (Å²) in [6.45, 7) is 4.95. The molecule has 1 heterocycles. The molecule has 2 atom stereocenters. The summed E-state index contributed by atoms with van der Waals surface area (Å²) in [6.07, 6.45) is 18.4. The lowest BCUT2D eigenvalue weighted by Gasteiger charge is -2.08. The molecule has 0 saturated carbocycles. The summed E-state index contributed by atoms with van der Waals surface area (Å²) < 4.78 is 5.65. The molecule has 1 aliphatic heterocycles. The van der Waals surface area contributed by atoms with Gasteiger partial charge in [0.15, 0.2) is 0 Å². The lowest BCUT2D eigenvalue weighted by molar-refractivity contribution is 0.168. The van der Waals surface area contributed by atoms with E-state index in [9.17, 15) is 5.11 Å².